The Morgan fingerprint density at radius 3 is 2.57 bits per heavy atom. The average molecular weight is 815 g/mol. The van der Waals surface area contributed by atoms with E-state index in [0.717, 1.165) is 92.2 Å². The zero-order valence-corrected chi connectivity index (χ0v) is 34.1. The zero-order chi connectivity index (χ0) is 41.5. The first kappa shape index (κ1) is 39.4. The lowest BCUT2D eigenvalue weighted by molar-refractivity contribution is -0.136. The topological polar surface area (TPSA) is 157 Å². The summed E-state index contributed by atoms with van der Waals surface area (Å²) < 4.78 is 24.3. The normalized spacial score (nSPS) is 19.8. The van der Waals surface area contributed by atoms with Gasteiger partial charge in [-0.2, -0.15) is 5.10 Å². The number of fused-ring (bicyclic) bond motifs is 1. The number of amides is 3. The molecule has 4 aliphatic heterocycles. The van der Waals surface area contributed by atoms with Crippen LogP contribution < -0.4 is 20.7 Å². The van der Waals surface area contributed by atoms with E-state index in [9.17, 15) is 18.8 Å². The Morgan fingerprint density at radius 1 is 0.967 bits per heavy atom. The van der Waals surface area contributed by atoms with Gasteiger partial charge < -0.3 is 29.7 Å². The number of aromatic nitrogens is 5. The van der Waals surface area contributed by atoms with Crippen molar-refractivity contribution >= 4 is 29.2 Å². The van der Waals surface area contributed by atoms with Gasteiger partial charge in [-0.3, -0.25) is 24.4 Å². The molecule has 15 heteroatoms. The summed E-state index contributed by atoms with van der Waals surface area (Å²) in [6.45, 7) is 9.94. The fourth-order valence-electron chi connectivity index (χ4n) is 9.39. The first-order chi connectivity index (χ1) is 29.1. The number of carbonyl (C=O) groups excluding carboxylic acids is 3. The number of nitrogens with zero attached hydrogens (tertiary/aromatic N) is 8. The molecule has 60 heavy (non-hydrogen) atoms. The lowest BCUT2D eigenvalue weighted by Gasteiger charge is -2.38. The van der Waals surface area contributed by atoms with Crippen LogP contribution in [0, 0.1) is 18.7 Å². The smallest absolute Gasteiger partial charge is 0.255 e. The van der Waals surface area contributed by atoms with Crippen LogP contribution in [0.25, 0.3) is 11.3 Å². The summed E-state index contributed by atoms with van der Waals surface area (Å²) in [5, 5.41) is 7.19. The summed E-state index contributed by atoms with van der Waals surface area (Å²) in [6.07, 6.45) is 12.2. The lowest BCUT2D eigenvalue weighted by atomic mass is 9.94. The van der Waals surface area contributed by atoms with Crippen molar-refractivity contribution in [2.75, 3.05) is 43.4 Å². The van der Waals surface area contributed by atoms with E-state index < -0.39 is 12.1 Å². The van der Waals surface area contributed by atoms with Crippen molar-refractivity contribution in [3.63, 3.8) is 0 Å². The van der Waals surface area contributed by atoms with E-state index in [0.29, 0.717) is 48.3 Å². The van der Waals surface area contributed by atoms with Gasteiger partial charge >= 0.3 is 0 Å². The summed E-state index contributed by atoms with van der Waals surface area (Å²) in [7, 11) is 0. The molecule has 5 aromatic rings. The summed E-state index contributed by atoms with van der Waals surface area (Å²) in [4.78, 5) is 53.0. The highest BCUT2D eigenvalue weighted by atomic mass is 19.1. The standard InChI is InChI=1S/C45H51FN10O4/c1-28-42(33-20-40(43(47)48-22-33)60-29(2)32-4-3-5-35(46)18-32)54(27-49-28)24-31-21-50-56(25-31)36-12-14-52(15-13-36)23-30-10-16-53(17-11-30)37-6-7-38-34(19-37)26-55(45(38)59)39-8-9-41(57)51-44(39)58/h3-7,18-22,25,27,29-30,36,39H,8-17,23-24,26H2,1-2H3,(H2,47,48)(H,51,57,58)/t29-,39?/m1/s1. The van der Waals surface area contributed by atoms with E-state index in [4.69, 9.17) is 15.6 Å². The van der Waals surface area contributed by atoms with Crippen LogP contribution in [0.2, 0.25) is 0 Å². The number of halogens is 1. The number of nitrogen functional groups attached to an aromatic ring is 1. The van der Waals surface area contributed by atoms with Crippen LogP contribution in [0.3, 0.4) is 0 Å². The molecule has 0 spiro atoms. The molecule has 2 atom stereocenters. The van der Waals surface area contributed by atoms with Gasteiger partial charge in [-0.15, -0.1) is 0 Å². The lowest BCUT2D eigenvalue weighted by Crippen LogP contribution is -2.52. The van der Waals surface area contributed by atoms with Crippen LogP contribution in [0.1, 0.15) is 90.3 Å². The molecule has 0 radical (unpaired) electrons. The molecule has 312 valence electrons. The van der Waals surface area contributed by atoms with E-state index in [-0.39, 0.29) is 35.8 Å². The number of carbonyl (C=O) groups is 3. The van der Waals surface area contributed by atoms with Crippen LogP contribution >= 0.6 is 0 Å². The quantitative estimate of drug-likeness (QED) is 0.159. The number of imidazole rings is 1. The number of hydrogen-bond donors (Lipinski definition) is 2. The highest BCUT2D eigenvalue weighted by molar-refractivity contribution is 6.05. The number of aryl methyl sites for hydroxylation is 1. The Labute approximate surface area is 348 Å². The fourth-order valence-corrected chi connectivity index (χ4v) is 9.39. The first-order valence-electron chi connectivity index (χ1n) is 21.0. The van der Waals surface area contributed by atoms with Gasteiger partial charge in [-0.25, -0.2) is 14.4 Å². The predicted molar refractivity (Wildman–Crippen MR) is 224 cm³/mol. The SMILES string of the molecule is Cc1ncn(Cc2cnn(C3CCN(CC4CCN(c5ccc6c(c5)CN(C5CCC(=O)NC5=O)C6=O)CC4)CC3)c2)c1-c1cnc(N)c(O[C@H](C)c2cccc(F)c2)c1. The maximum atomic E-state index is 13.9. The number of nitrogens with one attached hydrogen (secondary N) is 1. The fraction of sp³-hybridized carbons (Fsp3) is 0.422. The minimum absolute atomic E-state index is 0.134. The highest BCUT2D eigenvalue weighted by Gasteiger charge is 2.39. The van der Waals surface area contributed by atoms with E-state index >= 15 is 0 Å². The molecule has 7 heterocycles. The molecule has 3 fully saturated rings. The Kier molecular flexibility index (Phi) is 10.8. The van der Waals surface area contributed by atoms with Crippen molar-refractivity contribution in [1.82, 2.24) is 39.4 Å². The first-order valence-corrected chi connectivity index (χ1v) is 21.0. The van der Waals surface area contributed by atoms with E-state index in [1.165, 1.54) is 12.1 Å². The maximum absolute atomic E-state index is 13.9. The van der Waals surface area contributed by atoms with Gasteiger partial charge in [-0.05, 0) is 99.4 Å². The van der Waals surface area contributed by atoms with Gasteiger partial charge in [0.15, 0.2) is 11.6 Å². The van der Waals surface area contributed by atoms with Gasteiger partial charge in [0.25, 0.3) is 5.91 Å². The minimum atomic E-state index is -0.599. The third kappa shape index (κ3) is 8.10. The molecule has 9 rings (SSSR count). The van der Waals surface area contributed by atoms with Crippen LogP contribution in [0.4, 0.5) is 15.9 Å². The molecule has 0 bridgehead atoms. The molecule has 1 unspecified atom stereocenters. The number of rotatable bonds is 11. The maximum Gasteiger partial charge on any atom is 0.255 e. The molecule has 3 saturated heterocycles. The summed E-state index contributed by atoms with van der Waals surface area (Å²) in [5.41, 5.74) is 13.3. The van der Waals surface area contributed by atoms with E-state index in [1.807, 2.05) is 50.6 Å². The van der Waals surface area contributed by atoms with Crippen LogP contribution in [0.15, 0.2) is 73.4 Å². The van der Waals surface area contributed by atoms with Crippen LogP contribution in [-0.2, 0) is 22.7 Å². The molecular formula is C45H51FN10O4. The van der Waals surface area contributed by atoms with Gasteiger partial charge in [-0.1, -0.05) is 12.1 Å². The van der Waals surface area contributed by atoms with Gasteiger partial charge in [0.2, 0.25) is 11.8 Å². The molecular weight excluding hydrogens is 764 g/mol. The van der Waals surface area contributed by atoms with Crippen molar-refractivity contribution in [1.29, 1.82) is 0 Å². The van der Waals surface area contributed by atoms with Gasteiger partial charge in [0.05, 0.1) is 36.5 Å². The van der Waals surface area contributed by atoms with Gasteiger partial charge in [0, 0.05) is 80.5 Å². The Bertz CT molecular complexity index is 2410. The number of ether oxygens (including phenoxy) is 1. The second-order valence-electron chi connectivity index (χ2n) is 16.8. The highest BCUT2D eigenvalue weighted by Crippen LogP contribution is 2.35. The Balaban J connectivity index is 0.757. The van der Waals surface area contributed by atoms with Crippen molar-refractivity contribution in [3.8, 4) is 17.0 Å². The Morgan fingerprint density at radius 2 is 1.78 bits per heavy atom. The molecule has 14 nitrogen and oxygen atoms in total. The molecule has 0 saturated carbocycles. The number of benzene rings is 2. The number of likely N-dealkylation sites (tertiary alicyclic amines) is 1. The van der Waals surface area contributed by atoms with Crippen molar-refractivity contribution in [2.45, 2.75) is 83.6 Å². The summed E-state index contributed by atoms with van der Waals surface area (Å²) >= 11 is 0. The van der Waals surface area contributed by atoms with Crippen LogP contribution in [-0.4, -0.2) is 90.6 Å². The third-order valence-electron chi connectivity index (χ3n) is 12.7. The van der Waals surface area contributed by atoms with E-state index in [1.54, 1.807) is 17.2 Å². The average Bonchev–Trinajstić information content (AvgIpc) is 3.96. The van der Waals surface area contributed by atoms with Crippen molar-refractivity contribution in [3.05, 3.63) is 107 Å². The molecule has 2 aromatic carbocycles. The molecule has 3 aromatic heterocycles. The van der Waals surface area contributed by atoms with Crippen molar-refractivity contribution < 1.29 is 23.5 Å². The zero-order valence-electron chi connectivity index (χ0n) is 34.1. The molecule has 3 N–H and O–H groups in total. The van der Waals surface area contributed by atoms with E-state index in [2.05, 4.69) is 46.6 Å². The molecule has 0 aliphatic carbocycles. The number of anilines is 2. The number of piperidine rings is 3. The summed E-state index contributed by atoms with van der Waals surface area (Å²) in [6, 6.07) is 14.0. The second kappa shape index (κ2) is 16.5. The van der Waals surface area contributed by atoms with Gasteiger partial charge in [0.1, 0.15) is 18.0 Å². The van der Waals surface area contributed by atoms with Crippen LogP contribution in [0.5, 0.6) is 5.75 Å². The number of imide groups is 1. The largest absolute Gasteiger partial charge is 0.482 e. The minimum Gasteiger partial charge on any atom is -0.482 e. The molecule has 3 amide bonds. The monoisotopic (exact) mass is 814 g/mol. The third-order valence-corrected chi connectivity index (χ3v) is 12.7. The number of hydrogen-bond acceptors (Lipinski definition) is 10. The second-order valence-corrected chi connectivity index (χ2v) is 16.8. The molecule has 4 aliphatic rings. The number of nitrogens with two attached hydrogens (primary N) is 1. The Hall–Kier alpha value is -6.09. The summed E-state index contributed by atoms with van der Waals surface area (Å²) in [5.74, 6) is 0.215. The number of pyridine rings is 1. The van der Waals surface area contributed by atoms with Crippen molar-refractivity contribution in [2.24, 2.45) is 5.92 Å². The predicted octanol–water partition coefficient (Wildman–Crippen LogP) is 5.67.